The summed E-state index contributed by atoms with van der Waals surface area (Å²) in [6, 6.07) is 10.8. The van der Waals surface area contributed by atoms with Gasteiger partial charge in [-0.2, -0.15) is 10.2 Å². The number of benzene rings is 2. The largest absolute Gasteiger partial charge is 0.326 e. The maximum absolute atomic E-state index is 13.2. The van der Waals surface area contributed by atoms with Crippen LogP contribution in [-0.2, 0) is 22.4 Å². The van der Waals surface area contributed by atoms with Gasteiger partial charge in [0, 0.05) is 10.7 Å². The Labute approximate surface area is 169 Å². The fourth-order valence-corrected chi connectivity index (χ4v) is 2.78. The highest BCUT2D eigenvalue weighted by atomic mass is 35.5. The van der Waals surface area contributed by atoms with Crippen LogP contribution in [0.25, 0.3) is 0 Å². The van der Waals surface area contributed by atoms with E-state index in [0.717, 1.165) is 6.07 Å². The zero-order valence-corrected chi connectivity index (χ0v) is 15.7. The first-order valence-electron chi connectivity index (χ1n) is 8.50. The Balaban J connectivity index is 1.60. The molecule has 2 N–H and O–H groups in total. The van der Waals surface area contributed by atoms with Crippen LogP contribution in [0.5, 0.6) is 0 Å². The molecule has 0 saturated carbocycles. The Bertz CT molecular complexity index is 1060. The third-order valence-corrected chi connectivity index (χ3v) is 4.16. The fourth-order valence-electron chi connectivity index (χ4n) is 2.54. The van der Waals surface area contributed by atoms with Gasteiger partial charge in [-0.3, -0.25) is 9.59 Å². The molecule has 29 heavy (non-hydrogen) atoms. The average Bonchev–Trinajstić information content (AvgIpc) is 2.64. The predicted octanol–water partition coefficient (Wildman–Crippen LogP) is 3.77. The fraction of sp³-hybridized carbons (Fsp3) is 0.100. The van der Waals surface area contributed by atoms with Crippen LogP contribution >= 0.6 is 11.6 Å². The first-order valence-corrected chi connectivity index (χ1v) is 8.87. The number of amides is 2. The van der Waals surface area contributed by atoms with Gasteiger partial charge in [0.1, 0.15) is 11.6 Å². The molecule has 0 atom stereocenters. The van der Waals surface area contributed by atoms with E-state index in [1.807, 2.05) is 0 Å². The molecule has 0 spiro atoms. The molecule has 3 rings (SSSR count). The maximum atomic E-state index is 13.2. The Morgan fingerprint density at radius 3 is 2.38 bits per heavy atom. The summed E-state index contributed by atoms with van der Waals surface area (Å²) in [5.74, 6) is -1.75. The van der Waals surface area contributed by atoms with Gasteiger partial charge in [0.15, 0.2) is 0 Å². The monoisotopic (exact) mass is 416 g/mol. The molecule has 0 unspecified atom stereocenters. The highest BCUT2D eigenvalue weighted by Gasteiger charge is 2.11. The van der Waals surface area contributed by atoms with Gasteiger partial charge in [0.2, 0.25) is 11.8 Å². The molecule has 6 nitrogen and oxygen atoms in total. The van der Waals surface area contributed by atoms with Crippen molar-refractivity contribution < 1.29 is 18.4 Å². The van der Waals surface area contributed by atoms with Gasteiger partial charge in [-0.15, -0.1) is 0 Å². The number of nitrogens with one attached hydrogen (secondary N) is 2. The van der Waals surface area contributed by atoms with Crippen LogP contribution in [0.2, 0.25) is 5.02 Å². The van der Waals surface area contributed by atoms with E-state index in [-0.39, 0.29) is 23.8 Å². The number of aromatic nitrogens is 2. The van der Waals surface area contributed by atoms with Gasteiger partial charge in [-0.1, -0.05) is 23.7 Å². The summed E-state index contributed by atoms with van der Waals surface area (Å²) < 4.78 is 26.3. The van der Waals surface area contributed by atoms with Crippen LogP contribution in [0, 0.1) is 11.6 Å². The van der Waals surface area contributed by atoms with Crippen LogP contribution in [0.4, 0.5) is 20.2 Å². The van der Waals surface area contributed by atoms with Crippen LogP contribution < -0.4 is 10.6 Å². The molecule has 9 heteroatoms. The second-order valence-electron chi connectivity index (χ2n) is 6.13. The minimum atomic E-state index is -0.487. The van der Waals surface area contributed by atoms with Crippen molar-refractivity contribution in [3.63, 3.8) is 0 Å². The summed E-state index contributed by atoms with van der Waals surface area (Å²) >= 11 is 5.93. The van der Waals surface area contributed by atoms with Crippen LogP contribution in [0.1, 0.15) is 11.3 Å². The topological polar surface area (TPSA) is 84.0 Å². The number of nitrogens with zero attached hydrogens (tertiary/aromatic N) is 2. The summed E-state index contributed by atoms with van der Waals surface area (Å²) in [6.07, 6.45) is 1.16. The molecule has 0 aliphatic rings. The Morgan fingerprint density at radius 2 is 1.62 bits per heavy atom. The first kappa shape index (κ1) is 20.3. The lowest BCUT2D eigenvalue weighted by Gasteiger charge is -2.08. The molecule has 148 valence electrons. The summed E-state index contributed by atoms with van der Waals surface area (Å²) in [4.78, 5) is 24.3. The number of carbonyl (C=O) groups is 2. The van der Waals surface area contributed by atoms with E-state index >= 15 is 0 Å². The van der Waals surface area contributed by atoms with Crippen molar-refractivity contribution in [1.29, 1.82) is 0 Å². The molecule has 1 heterocycles. The molecule has 0 radical (unpaired) electrons. The summed E-state index contributed by atoms with van der Waals surface area (Å²) in [6.45, 7) is 0. The molecular formula is C20H15ClF2N4O2. The number of rotatable bonds is 6. The lowest BCUT2D eigenvalue weighted by molar-refractivity contribution is -0.116. The third-order valence-electron chi connectivity index (χ3n) is 3.81. The smallest absolute Gasteiger partial charge is 0.230 e. The Morgan fingerprint density at radius 1 is 0.897 bits per heavy atom. The normalized spacial score (nSPS) is 10.4. The van der Waals surface area contributed by atoms with E-state index in [1.54, 1.807) is 6.07 Å². The molecule has 0 aliphatic carbocycles. The maximum Gasteiger partial charge on any atom is 0.230 e. The molecule has 0 fully saturated rings. The van der Waals surface area contributed by atoms with E-state index < -0.39 is 17.5 Å². The van der Waals surface area contributed by atoms with Crippen molar-refractivity contribution in [3.8, 4) is 0 Å². The zero-order chi connectivity index (χ0) is 20.8. The van der Waals surface area contributed by atoms with Crippen molar-refractivity contribution >= 4 is 34.8 Å². The van der Waals surface area contributed by atoms with Crippen molar-refractivity contribution in [2.24, 2.45) is 0 Å². The second kappa shape index (κ2) is 9.20. The lowest BCUT2D eigenvalue weighted by atomic mass is 10.1. The van der Waals surface area contributed by atoms with Gasteiger partial charge in [-0.05, 0) is 42.0 Å². The highest BCUT2D eigenvalue weighted by molar-refractivity contribution is 6.31. The predicted molar refractivity (Wildman–Crippen MR) is 105 cm³/mol. The summed E-state index contributed by atoms with van der Waals surface area (Å²) in [5.41, 5.74) is 1.46. The van der Waals surface area contributed by atoms with Gasteiger partial charge in [0.05, 0.1) is 30.4 Å². The van der Waals surface area contributed by atoms with E-state index in [1.165, 1.54) is 42.6 Å². The molecule has 0 aliphatic heterocycles. The third kappa shape index (κ3) is 6.05. The van der Waals surface area contributed by atoms with Crippen LogP contribution in [-0.4, -0.2) is 22.0 Å². The van der Waals surface area contributed by atoms with Crippen LogP contribution in [0.15, 0.2) is 54.7 Å². The lowest BCUT2D eigenvalue weighted by Crippen LogP contribution is -2.17. The number of hydrogen-bond donors (Lipinski definition) is 2. The molecule has 3 aromatic rings. The van der Waals surface area contributed by atoms with E-state index in [4.69, 9.17) is 11.6 Å². The van der Waals surface area contributed by atoms with Gasteiger partial charge < -0.3 is 10.6 Å². The standard InChI is InChI=1S/C20H15ClF2N4O2/c21-18-8-14(23)5-4-12(18)6-19(28)26-17-9-16(27-24-11-17)10-20(29)25-15-3-1-2-13(22)7-15/h1-5,7-9,11H,6,10H2,(H,25,29)(H,26,27,28). The SMILES string of the molecule is O=C(Cc1cc(NC(=O)Cc2ccc(F)cc2Cl)cnn1)Nc1cccc(F)c1. The molecule has 2 amide bonds. The van der Waals surface area contributed by atoms with Crippen molar-refractivity contribution in [2.75, 3.05) is 10.6 Å². The van der Waals surface area contributed by atoms with Crippen LogP contribution in [0.3, 0.4) is 0 Å². The minimum absolute atomic E-state index is 0.0587. The molecule has 2 aromatic carbocycles. The van der Waals surface area contributed by atoms with Gasteiger partial charge in [0.25, 0.3) is 0 Å². The molecule has 1 aromatic heterocycles. The summed E-state index contributed by atoms with van der Waals surface area (Å²) in [7, 11) is 0. The zero-order valence-electron chi connectivity index (χ0n) is 15.0. The van der Waals surface area contributed by atoms with Crippen molar-refractivity contribution in [3.05, 3.63) is 82.6 Å². The van der Waals surface area contributed by atoms with Gasteiger partial charge >= 0.3 is 0 Å². The molecule has 0 bridgehead atoms. The van der Waals surface area contributed by atoms with Crippen molar-refractivity contribution in [1.82, 2.24) is 10.2 Å². The van der Waals surface area contributed by atoms with Gasteiger partial charge in [-0.25, -0.2) is 8.78 Å². The molecular weight excluding hydrogens is 402 g/mol. The number of hydrogen-bond acceptors (Lipinski definition) is 4. The quantitative estimate of drug-likeness (QED) is 0.640. The summed E-state index contributed by atoms with van der Waals surface area (Å²) in [5, 5.41) is 13.0. The second-order valence-corrected chi connectivity index (χ2v) is 6.54. The molecule has 0 saturated heterocycles. The van der Waals surface area contributed by atoms with Crippen molar-refractivity contribution in [2.45, 2.75) is 12.8 Å². The number of carbonyl (C=O) groups excluding carboxylic acids is 2. The number of anilines is 2. The first-order chi connectivity index (χ1) is 13.9. The Kier molecular flexibility index (Phi) is 6.46. The Hall–Kier alpha value is -3.39. The van der Waals surface area contributed by atoms with E-state index in [2.05, 4.69) is 20.8 Å². The average molecular weight is 417 g/mol. The minimum Gasteiger partial charge on any atom is -0.326 e. The van der Waals surface area contributed by atoms with E-state index in [9.17, 15) is 18.4 Å². The highest BCUT2D eigenvalue weighted by Crippen LogP contribution is 2.18. The van der Waals surface area contributed by atoms with E-state index in [0.29, 0.717) is 22.6 Å². The number of halogens is 3.